The number of likely N-dealkylation sites (tertiary alicyclic amines) is 1. The van der Waals surface area contributed by atoms with Crippen molar-refractivity contribution >= 4 is 5.91 Å². The maximum absolute atomic E-state index is 14.0. The van der Waals surface area contributed by atoms with E-state index in [1.807, 2.05) is 0 Å². The molecule has 1 unspecified atom stereocenters. The largest absolute Gasteiger partial charge is 0.384 e. The van der Waals surface area contributed by atoms with E-state index in [1.54, 1.807) is 4.90 Å². The first-order valence-corrected chi connectivity index (χ1v) is 7.37. The van der Waals surface area contributed by atoms with Crippen molar-refractivity contribution in [1.29, 1.82) is 0 Å². The fraction of sp³-hybridized carbons (Fsp3) is 0.471. The minimum absolute atomic E-state index is 0.0695. The van der Waals surface area contributed by atoms with E-state index in [1.165, 1.54) is 18.2 Å². The Morgan fingerprint density at radius 2 is 2.29 bits per heavy atom. The molecule has 1 aromatic carbocycles. The molecule has 1 amide bonds. The van der Waals surface area contributed by atoms with Gasteiger partial charge in [-0.25, -0.2) is 4.39 Å². The molecule has 0 saturated carbocycles. The van der Waals surface area contributed by atoms with Crippen molar-refractivity contribution in [3.05, 3.63) is 35.1 Å². The van der Waals surface area contributed by atoms with Crippen LogP contribution in [0.3, 0.4) is 0 Å². The molecule has 0 radical (unpaired) electrons. The zero-order valence-electron chi connectivity index (χ0n) is 12.2. The van der Waals surface area contributed by atoms with Gasteiger partial charge >= 0.3 is 0 Å². The van der Waals surface area contributed by atoms with Crippen LogP contribution in [0.5, 0.6) is 0 Å². The first-order valence-electron chi connectivity index (χ1n) is 7.37. The summed E-state index contributed by atoms with van der Waals surface area (Å²) in [4.78, 5) is 14.4. The topological polar surface area (TPSA) is 40.5 Å². The van der Waals surface area contributed by atoms with Gasteiger partial charge in [-0.3, -0.25) is 4.79 Å². The molecule has 21 heavy (non-hydrogen) atoms. The summed E-state index contributed by atoms with van der Waals surface area (Å²) in [5.74, 6) is 4.44. The van der Waals surface area contributed by atoms with Crippen molar-refractivity contribution in [2.75, 3.05) is 13.2 Å². The number of aliphatic hydroxyl groups is 1. The first-order chi connectivity index (χ1) is 10.2. The van der Waals surface area contributed by atoms with E-state index in [-0.39, 0.29) is 24.1 Å². The van der Waals surface area contributed by atoms with Gasteiger partial charge in [-0.2, -0.15) is 0 Å². The minimum atomic E-state index is -0.519. The van der Waals surface area contributed by atoms with Gasteiger partial charge in [0, 0.05) is 18.2 Å². The normalized spacial score (nSPS) is 18.0. The van der Waals surface area contributed by atoms with E-state index in [2.05, 4.69) is 18.8 Å². The molecule has 112 valence electrons. The third-order valence-corrected chi connectivity index (χ3v) is 3.87. The third kappa shape index (κ3) is 3.62. The number of amides is 1. The molecule has 1 heterocycles. The second-order valence-electron chi connectivity index (χ2n) is 5.21. The highest BCUT2D eigenvalue weighted by atomic mass is 19.1. The zero-order chi connectivity index (χ0) is 15.2. The Labute approximate surface area is 124 Å². The number of aliphatic hydroxyl groups excluding tert-OH is 1. The summed E-state index contributed by atoms with van der Waals surface area (Å²) in [6, 6.07) is 4.45. The average Bonchev–Trinajstić information content (AvgIpc) is 2.53. The standard InChI is InChI=1S/C17H20FNO2/c1-2-14-7-3-4-10-19(14)17(21)15-12-13(6-5-11-20)8-9-16(15)18/h8-9,12,14,20H,2-4,7,10-11H2,1H3. The summed E-state index contributed by atoms with van der Waals surface area (Å²) >= 11 is 0. The molecule has 0 aromatic heterocycles. The second kappa shape index (κ2) is 7.24. The van der Waals surface area contributed by atoms with Crippen molar-refractivity contribution in [2.45, 2.75) is 38.6 Å². The number of piperidine rings is 1. The molecule has 0 aliphatic carbocycles. The van der Waals surface area contributed by atoms with E-state index < -0.39 is 5.82 Å². The Bertz CT molecular complexity index is 574. The van der Waals surface area contributed by atoms with Gasteiger partial charge in [0.05, 0.1) is 5.56 Å². The van der Waals surface area contributed by atoms with Gasteiger partial charge in [0.15, 0.2) is 0 Å². The molecule has 0 bridgehead atoms. The second-order valence-corrected chi connectivity index (χ2v) is 5.21. The molecule has 1 atom stereocenters. The van der Waals surface area contributed by atoms with E-state index in [0.29, 0.717) is 12.1 Å². The smallest absolute Gasteiger partial charge is 0.257 e. The molecule has 3 nitrogen and oxygen atoms in total. The molecular formula is C17H20FNO2. The lowest BCUT2D eigenvalue weighted by atomic mass is 9.98. The maximum atomic E-state index is 14.0. The number of halogens is 1. The number of hydrogen-bond acceptors (Lipinski definition) is 2. The quantitative estimate of drug-likeness (QED) is 0.850. The van der Waals surface area contributed by atoms with Crippen LogP contribution in [0.4, 0.5) is 4.39 Å². The van der Waals surface area contributed by atoms with Gasteiger partial charge in [0.2, 0.25) is 0 Å². The van der Waals surface area contributed by atoms with E-state index >= 15 is 0 Å². The van der Waals surface area contributed by atoms with Crippen molar-refractivity contribution < 1.29 is 14.3 Å². The van der Waals surface area contributed by atoms with Crippen LogP contribution < -0.4 is 0 Å². The van der Waals surface area contributed by atoms with Crippen LogP contribution in [0.15, 0.2) is 18.2 Å². The number of nitrogens with zero attached hydrogens (tertiary/aromatic N) is 1. The highest BCUT2D eigenvalue weighted by molar-refractivity contribution is 5.95. The highest BCUT2D eigenvalue weighted by Gasteiger charge is 2.27. The van der Waals surface area contributed by atoms with Gasteiger partial charge in [-0.15, -0.1) is 0 Å². The summed E-state index contributed by atoms with van der Waals surface area (Å²) < 4.78 is 14.0. The highest BCUT2D eigenvalue weighted by Crippen LogP contribution is 2.23. The van der Waals surface area contributed by atoms with Gasteiger partial charge in [-0.05, 0) is 43.9 Å². The maximum Gasteiger partial charge on any atom is 0.257 e. The Balaban J connectivity index is 2.29. The number of carbonyl (C=O) groups is 1. The molecule has 2 rings (SSSR count). The fourth-order valence-electron chi connectivity index (χ4n) is 2.76. The molecule has 1 aliphatic rings. The number of hydrogen-bond donors (Lipinski definition) is 1. The van der Waals surface area contributed by atoms with Gasteiger partial charge in [0.25, 0.3) is 5.91 Å². The summed E-state index contributed by atoms with van der Waals surface area (Å²) in [5.41, 5.74) is 0.610. The van der Waals surface area contributed by atoms with E-state index in [0.717, 1.165) is 25.7 Å². The fourth-order valence-corrected chi connectivity index (χ4v) is 2.76. The van der Waals surface area contributed by atoms with Crippen LogP contribution in [0.25, 0.3) is 0 Å². The van der Waals surface area contributed by atoms with Crippen molar-refractivity contribution in [2.24, 2.45) is 0 Å². The Kier molecular flexibility index (Phi) is 5.35. The molecule has 1 aromatic rings. The number of benzene rings is 1. The summed E-state index contributed by atoms with van der Waals surface area (Å²) in [6.07, 6.45) is 3.95. The van der Waals surface area contributed by atoms with Crippen LogP contribution in [-0.4, -0.2) is 35.1 Å². The van der Waals surface area contributed by atoms with Crippen LogP contribution in [0, 0.1) is 17.7 Å². The van der Waals surface area contributed by atoms with Crippen molar-refractivity contribution in [3.63, 3.8) is 0 Å². The monoisotopic (exact) mass is 289 g/mol. The SMILES string of the molecule is CCC1CCCCN1C(=O)c1cc(C#CCO)ccc1F. The van der Waals surface area contributed by atoms with Crippen LogP contribution in [0.1, 0.15) is 48.5 Å². The van der Waals surface area contributed by atoms with Gasteiger partial charge < -0.3 is 10.0 Å². The van der Waals surface area contributed by atoms with Crippen LogP contribution in [0.2, 0.25) is 0 Å². The number of rotatable bonds is 2. The van der Waals surface area contributed by atoms with Crippen LogP contribution >= 0.6 is 0 Å². The van der Waals surface area contributed by atoms with E-state index in [9.17, 15) is 9.18 Å². The molecule has 1 aliphatic heterocycles. The Hall–Kier alpha value is -1.86. The minimum Gasteiger partial charge on any atom is -0.384 e. The molecule has 4 heteroatoms. The third-order valence-electron chi connectivity index (χ3n) is 3.87. The molecule has 1 N–H and O–H groups in total. The molecular weight excluding hydrogens is 269 g/mol. The zero-order valence-corrected chi connectivity index (χ0v) is 12.2. The molecule has 1 fully saturated rings. The Morgan fingerprint density at radius 1 is 1.48 bits per heavy atom. The predicted octanol–water partition coefficient (Wildman–Crippen LogP) is 2.57. The van der Waals surface area contributed by atoms with Gasteiger partial charge in [0.1, 0.15) is 12.4 Å². The summed E-state index contributed by atoms with van der Waals surface area (Å²) in [7, 11) is 0. The van der Waals surface area contributed by atoms with Gasteiger partial charge in [-0.1, -0.05) is 18.8 Å². The lowest BCUT2D eigenvalue weighted by Gasteiger charge is -2.35. The molecule has 0 spiro atoms. The summed E-state index contributed by atoms with van der Waals surface area (Å²) in [6.45, 7) is 2.48. The van der Waals surface area contributed by atoms with Crippen molar-refractivity contribution in [1.82, 2.24) is 4.90 Å². The first kappa shape index (κ1) is 15.5. The van der Waals surface area contributed by atoms with Crippen molar-refractivity contribution in [3.8, 4) is 11.8 Å². The summed E-state index contributed by atoms with van der Waals surface area (Å²) in [5, 5.41) is 8.71. The Morgan fingerprint density at radius 3 is 3.00 bits per heavy atom. The lowest BCUT2D eigenvalue weighted by molar-refractivity contribution is 0.0603. The predicted molar refractivity (Wildman–Crippen MR) is 79.3 cm³/mol. The lowest BCUT2D eigenvalue weighted by Crippen LogP contribution is -2.43. The van der Waals surface area contributed by atoms with Crippen LogP contribution in [-0.2, 0) is 0 Å². The number of carbonyl (C=O) groups excluding carboxylic acids is 1. The molecule has 1 saturated heterocycles. The average molecular weight is 289 g/mol. The van der Waals surface area contributed by atoms with E-state index in [4.69, 9.17) is 5.11 Å².